The summed E-state index contributed by atoms with van der Waals surface area (Å²) >= 11 is 0. The molecule has 2 N–H and O–H groups in total. The van der Waals surface area contributed by atoms with Crippen LogP contribution in [0.3, 0.4) is 0 Å². The van der Waals surface area contributed by atoms with Gasteiger partial charge in [-0.1, -0.05) is 44.9 Å². The SMILES string of the molecule is CC(C)NC[C@H](O)COc1ccc(OCCCCCCN2CCN(c3ccccc3)CC2)cc1. The van der Waals surface area contributed by atoms with Gasteiger partial charge >= 0.3 is 0 Å². The van der Waals surface area contributed by atoms with Crippen LogP contribution in [0.15, 0.2) is 54.6 Å². The van der Waals surface area contributed by atoms with Gasteiger partial charge in [-0.3, -0.25) is 4.90 Å². The van der Waals surface area contributed by atoms with E-state index in [9.17, 15) is 5.11 Å². The normalized spacial score (nSPS) is 15.5. The van der Waals surface area contributed by atoms with Crippen LogP contribution in [-0.2, 0) is 0 Å². The standard InChI is InChI=1S/C28H43N3O3/c1-24(2)29-22-26(32)23-34-28-14-12-27(13-15-28)33-21-9-4-3-8-16-30-17-19-31(20-18-30)25-10-6-5-7-11-25/h5-7,10-15,24,26,29,32H,3-4,8-9,16-23H2,1-2H3/t26-/m0/s1. The molecule has 0 aromatic heterocycles. The molecule has 0 saturated carbocycles. The van der Waals surface area contributed by atoms with Crippen molar-refractivity contribution in [1.29, 1.82) is 0 Å². The first kappa shape index (κ1) is 26.3. The first-order valence-electron chi connectivity index (χ1n) is 12.9. The van der Waals surface area contributed by atoms with Crippen molar-refractivity contribution in [2.75, 3.05) is 57.4 Å². The van der Waals surface area contributed by atoms with E-state index < -0.39 is 6.10 Å². The van der Waals surface area contributed by atoms with E-state index >= 15 is 0 Å². The van der Waals surface area contributed by atoms with Crippen LogP contribution >= 0.6 is 0 Å². The molecule has 188 valence electrons. The van der Waals surface area contributed by atoms with E-state index in [1.165, 1.54) is 31.5 Å². The van der Waals surface area contributed by atoms with Crippen LogP contribution in [0.25, 0.3) is 0 Å². The van der Waals surface area contributed by atoms with Crippen molar-refractivity contribution in [3.05, 3.63) is 54.6 Å². The summed E-state index contributed by atoms with van der Waals surface area (Å²) in [5.41, 5.74) is 1.35. The number of hydrogen-bond donors (Lipinski definition) is 2. The van der Waals surface area contributed by atoms with Crippen molar-refractivity contribution in [1.82, 2.24) is 10.2 Å². The van der Waals surface area contributed by atoms with Crippen LogP contribution in [0.4, 0.5) is 5.69 Å². The van der Waals surface area contributed by atoms with Gasteiger partial charge in [0.05, 0.1) is 6.61 Å². The summed E-state index contributed by atoms with van der Waals surface area (Å²) in [5, 5.41) is 13.1. The highest BCUT2D eigenvalue weighted by Gasteiger charge is 2.16. The molecule has 0 spiro atoms. The molecule has 0 amide bonds. The molecule has 1 aliphatic rings. The van der Waals surface area contributed by atoms with Gasteiger partial charge in [-0.2, -0.15) is 0 Å². The number of unbranched alkanes of at least 4 members (excludes halogenated alkanes) is 3. The van der Waals surface area contributed by atoms with Crippen LogP contribution in [0.5, 0.6) is 11.5 Å². The lowest BCUT2D eigenvalue weighted by atomic mass is 10.2. The monoisotopic (exact) mass is 469 g/mol. The topological polar surface area (TPSA) is 57.2 Å². The van der Waals surface area contributed by atoms with E-state index in [0.717, 1.165) is 50.7 Å². The molecule has 1 fully saturated rings. The minimum atomic E-state index is -0.516. The second kappa shape index (κ2) is 14.9. The molecule has 34 heavy (non-hydrogen) atoms. The summed E-state index contributed by atoms with van der Waals surface area (Å²) in [6.07, 6.45) is 4.28. The van der Waals surface area contributed by atoms with Gasteiger partial charge in [0, 0.05) is 44.5 Å². The average Bonchev–Trinajstić information content (AvgIpc) is 2.87. The Kier molecular flexibility index (Phi) is 11.5. The Hall–Kier alpha value is -2.28. The smallest absolute Gasteiger partial charge is 0.119 e. The van der Waals surface area contributed by atoms with Gasteiger partial charge < -0.3 is 24.8 Å². The van der Waals surface area contributed by atoms with E-state index in [4.69, 9.17) is 9.47 Å². The fourth-order valence-electron chi connectivity index (χ4n) is 4.10. The van der Waals surface area contributed by atoms with E-state index in [2.05, 4.69) is 59.3 Å². The zero-order chi connectivity index (χ0) is 24.0. The fourth-order valence-corrected chi connectivity index (χ4v) is 4.10. The highest BCUT2D eigenvalue weighted by molar-refractivity contribution is 5.46. The highest BCUT2D eigenvalue weighted by Crippen LogP contribution is 2.19. The third-order valence-electron chi connectivity index (χ3n) is 6.16. The largest absolute Gasteiger partial charge is 0.494 e. The van der Waals surface area contributed by atoms with Crippen molar-refractivity contribution < 1.29 is 14.6 Å². The van der Waals surface area contributed by atoms with E-state index in [1.807, 2.05) is 24.3 Å². The molecule has 1 aliphatic heterocycles. The van der Waals surface area contributed by atoms with Crippen LogP contribution in [-0.4, -0.2) is 74.6 Å². The molecule has 3 rings (SSSR count). The fraction of sp³-hybridized carbons (Fsp3) is 0.571. The molecule has 1 atom stereocenters. The number of hydrogen-bond acceptors (Lipinski definition) is 6. The van der Waals surface area contributed by atoms with E-state index in [0.29, 0.717) is 12.6 Å². The van der Waals surface area contributed by atoms with Crippen LogP contribution in [0.1, 0.15) is 39.5 Å². The Labute approximate surface area is 205 Å². The van der Waals surface area contributed by atoms with Gasteiger partial charge in [-0.05, 0) is 55.8 Å². The molecule has 6 nitrogen and oxygen atoms in total. The van der Waals surface area contributed by atoms with Gasteiger partial charge in [0.15, 0.2) is 0 Å². The molecule has 2 aromatic carbocycles. The predicted molar refractivity (Wildman–Crippen MR) is 140 cm³/mol. The maximum absolute atomic E-state index is 9.93. The van der Waals surface area contributed by atoms with Crippen molar-refractivity contribution in [3.63, 3.8) is 0 Å². The zero-order valence-electron chi connectivity index (χ0n) is 21.0. The number of nitrogens with one attached hydrogen (secondary N) is 1. The number of para-hydroxylation sites is 1. The third-order valence-corrected chi connectivity index (χ3v) is 6.16. The van der Waals surface area contributed by atoms with Crippen molar-refractivity contribution in [3.8, 4) is 11.5 Å². The van der Waals surface area contributed by atoms with Crippen molar-refractivity contribution >= 4 is 5.69 Å². The first-order chi connectivity index (χ1) is 16.6. The molecular formula is C28H43N3O3. The highest BCUT2D eigenvalue weighted by atomic mass is 16.5. The number of nitrogens with zero attached hydrogens (tertiary/aromatic N) is 2. The molecule has 1 saturated heterocycles. The molecule has 0 radical (unpaired) electrons. The molecular weight excluding hydrogens is 426 g/mol. The molecule has 0 aliphatic carbocycles. The van der Waals surface area contributed by atoms with Gasteiger partial charge in [0.1, 0.15) is 24.2 Å². The summed E-state index contributed by atoms with van der Waals surface area (Å²) in [4.78, 5) is 5.08. The number of ether oxygens (including phenoxy) is 2. The number of benzene rings is 2. The van der Waals surface area contributed by atoms with E-state index in [-0.39, 0.29) is 6.61 Å². The summed E-state index contributed by atoms with van der Waals surface area (Å²) < 4.78 is 11.5. The van der Waals surface area contributed by atoms with Gasteiger partial charge in [0.2, 0.25) is 0 Å². The van der Waals surface area contributed by atoms with E-state index in [1.54, 1.807) is 0 Å². The lowest BCUT2D eigenvalue weighted by molar-refractivity contribution is 0.104. The predicted octanol–water partition coefficient (Wildman–Crippen LogP) is 4.19. The van der Waals surface area contributed by atoms with Gasteiger partial charge in [0.25, 0.3) is 0 Å². The van der Waals surface area contributed by atoms with Crippen LogP contribution < -0.4 is 19.7 Å². The summed E-state index contributed by atoms with van der Waals surface area (Å²) in [5.74, 6) is 1.62. The van der Waals surface area contributed by atoms with Crippen LogP contribution in [0.2, 0.25) is 0 Å². The molecule has 0 unspecified atom stereocenters. The lowest BCUT2D eigenvalue weighted by Crippen LogP contribution is -2.46. The minimum Gasteiger partial charge on any atom is -0.494 e. The summed E-state index contributed by atoms with van der Waals surface area (Å²) in [7, 11) is 0. The van der Waals surface area contributed by atoms with Crippen LogP contribution in [0, 0.1) is 0 Å². The van der Waals surface area contributed by atoms with Gasteiger partial charge in [-0.15, -0.1) is 0 Å². The van der Waals surface area contributed by atoms with Gasteiger partial charge in [-0.25, -0.2) is 0 Å². The Balaban J connectivity index is 1.18. The maximum atomic E-state index is 9.93. The number of aliphatic hydroxyl groups excluding tert-OH is 1. The van der Waals surface area contributed by atoms with Crippen molar-refractivity contribution in [2.24, 2.45) is 0 Å². The Morgan fingerprint density at radius 1 is 0.824 bits per heavy atom. The maximum Gasteiger partial charge on any atom is 0.119 e. The minimum absolute atomic E-state index is 0.280. The molecule has 2 aromatic rings. The molecule has 1 heterocycles. The third kappa shape index (κ3) is 9.92. The number of piperazine rings is 1. The second-order valence-corrected chi connectivity index (χ2v) is 9.43. The Bertz CT molecular complexity index is 777. The number of anilines is 1. The summed E-state index contributed by atoms with van der Waals surface area (Å²) in [6.45, 7) is 11.4. The average molecular weight is 470 g/mol. The zero-order valence-corrected chi connectivity index (χ0v) is 21.0. The Morgan fingerprint density at radius 2 is 1.47 bits per heavy atom. The lowest BCUT2D eigenvalue weighted by Gasteiger charge is -2.36. The Morgan fingerprint density at radius 3 is 2.15 bits per heavy atom. The summed E-state index contributed by atoms with van der Waals surface area (Å²) in [6, 6.07) is 18.8. The van der Waals surface area contributed by atoms with Crippen molar-refractivity contribution in [2.45, 2.75) is 51.7 Å². The second-order valence-electron chi connectivity index (χ2n) is 9.43. The first-order valence-corrected chi connectivity index (χ1v) is 12.9. The molecule has 6 heteroatoms. The molecule has 0 bridgehead atoms. The number of aliphatic hydroxyl groups is 1. The number of rotatable bonds is 15. The quantitative estimate of drug-likeness (QED) is 0.382.